The zero-order valence-corrected chi connectivity index (χ0v) is 11.1. The van der Waals surface area contributed by atoms with E-state index in [9.17, 15) is 9.59 Å². The number of hydrogen-bond acceptors (Lipinski definition) is 4. The van der Waals surface area contributed by atoms with Crippen molar-refractivity contribution in [1.29, 1.82) is 0 Å². The van der Waals surface area contributed by atoms with E-state index >= 15 is 0 Å². The van der Waals surface area contributed by atoms with Crippen LogP contribution in [-0.2, 0) is 4.79 Å². The molecule has 0 aromatic carbocycles. The molecule has 1 atom stereocenters. The van der Waals surface area contributed by atoms with Crippen molar-refractivity contribution in [3.63, 3.8) is 0 Å². The van der Waals surface area contributed by atoms with Crippen molar-refractivity contribution in [3.05, 3.63) is 24.3 Å². The van der Waals surface area contributed by atoms with Gasteiger partial charge in [-0.1, -0.05) is 0 Å². The van der Waals surface area contributed by atoms with Crippen LogP contribution in [0, 0.1) is 0 Å². The van der Waals surface area contributed by atoms with Gasteiger partial charge in [0.05, 0.1) is 5.39 Å². The minimum atomic E-state index is -0.492. The van der Waals surface area contributed by atoms with Crippen LogP contribution in [0.5, 0.6) is 0 Å². The Morgan fingerprint density at radius 1 is 1.45 bits per heavy atom. The smallest absolute Gasteiger partial charge is 0.273 e. The Bertz CT molecular complexity index is 666. The van der Waals surface area contributed by atoms with E-state index in [-0.39, 0.29) is 11.8 Å². The number of amides is 2. The Morgan fingerprint density at radius 3 is 3.15 bits per heavy atom. The second-order valence-corrected chi connectivity index (χ2v) is 4.78. The summed E-state index contributed by atoms with van der Waals surface area (Å²) in [4.78, 5) is 37.2. The molecule has 2 aromatic heterocycles. The molecule has 0 spiro atoms. The van der Waals surface area contributed by atoms with Crippen LogP contribution in [0.4, 0.5) is 0 Å². The van der Waals surface area contributed by atoms with Crippen molar-refractivity contribution < 1.29 is 9.59 Å². The molecule has 0 saturated carbocycles. The molecule has 2 amide bonds. The average Bonchev–Trinajstić information content (AvgIpc) is 2.87. The van der Waals surface area contributed by atoms with E-state index in [1.165, 1.54) is 6.33 Å². The van der Waals surface area contributed by atoms with Crippen molar-refractivity contribution in [2.75, 3.05) is 13.1 Å². The predicted molar refractivity (Wildman–Crippen MR) is 72.0 cm³/mol. The molecule has 0 aliphatic carbocycles. The van der Waals surface area contributed by atoms with Crippen molar-refractivity contribution in [3.8, 4) is 0 Å². The van der Waals surface area contributed by atoms with Gasteiger partial charge in [-0.05, 0) is 19.4 Å². The van der Waals surface area contributed by atoms with Crippen LogP contribution in [0.1, 0.15) is 23.8 Å². The minimum absolute atomic E-state index is 0.129. The zero-order valence-electron chi connectivity index (χ0n) is 11.1. The number of aromatic nitrogens is 3. The lowest BCUT2D eigenvalue weighted by atomic mass is 10.2. The fourth-order valence-corrected chi connectivity index (χ4v) is 2.40. The third kappa shape index (κ3) is 2.01. The van der Waals surface area contributed by atoms with Gasteiger partial charge in [0.1, 0.15) is 23.7 Å². The monoisotopic (exact) mass is 273 g/mol. The van der Waals surface area contributed by atoms with Crippen LogP contribution in [0.2, 0.25) is 0 Å². The summed E-state index contributed by atoms with van der Waals surface area (Å²) in [6.45, 7) is 2.86. The van der Waals surface area contributed by atoms with Gasteiger partial charge in [-0.3, -0.25) is 9.59 Å². The summed E-state index contributed by atoms with van der Waals surface area (Å²) in [5.74, 6) is -0.364. The molecule has 7 nitrogen and oxygen atoms in total. The largest absolute Gasteiger partial charge is 0.354 e. The quantitative estimate of drug-likeness (QED) is 0.782. The Morgan fingerprint density at radius 2 is 2.30 bits per heavy atom. The van der Waals surface area contributed by atoms with Gasteiger partial charge in [-0.25, -0.2) is 9.97 Å². The van der Waals surface area contributed by atoms with Crippen LogP contribution in [-0.4, -0.2) is 50.8 Å². The lowest BCUT2D eigenvalue weighted by Gasteiger charge is -2.25. The van der Waals surface area contributed by atoms with Crippen LogP contribution < -0.4 is 5.32 Å². The van der Waals surface area contributed by atoms with Crippen LogP contribution in [0.15, 0.2) is 18.6 Å². The van der Waals surface area contributed by atoms with E-state index in [1.807, 2.05) is 0 Å². The maximum absolute atomic E-state index is 12.7. The molecule has 1 saturated heterocycles. The molecule has 0 unspecified atom stereocenters. The molecule has 2 N–H and O–H groups in total. The molecule has 0 bridgehead atoms. The molecule has 3 rings (SSSR count). The lowest BCUT2D eigenvalue weighted by Crippen LogP contribution is -2.45. The van der Waals surface area contributed by atoms with E-state index in [2.05, 4.69) is 20.3 Å². The third-order valence-corrected chi connectivity index (χ3v) is 3.54. The van der Waals surface area contributed by atoms with Crippen molar-refractivity contribution >= 4 is 22.8 Å². The van der Waals surface area contributed by atoms with Crippen LogP contribution in [0.25, 0.3) is 11.0 Å². The van der Waals surface area contributed by atoms with Gasteiger partial charge < -0.3 is 15.2 Å². The van der Waals surface area contributed by atoms with E-state index in [0.29, 0.717) is 29.8 Å². The molecule has 104 valence electrons. The van der Waals surface area contributed by atoms with Crippen molar-refractivity contribution in [2.24, 2.45) is 0 Å². The Hall–Kier alpha value is -2.44. The van der Waals surface area contributed by atoms with Crippen molar-refractivity contribution in [2.45, 2.75) is 19.4 Å². The number of nitrogens with zero attached hydrogens (tertiary/aromatic N) is 3. The first-order valence-corrected chi connectivity index (χ1v) is 6.55. The molecule has 7 heteroatoms. The molecule has 0 radical (unpaired) electrons. The number of hydrogen-bond donors (Lipinski definition) is 2. The normalized spacial score (nSPS) is 19.8. The summed E-state index contributed by atoms with van der Waals surface area (Å²) >= 11 is 0. The number of carbonyl (C=O) groups excluding carboxylic acids is 2. The fraction of sp³-hybridized carbons (Fsp3) is 0.385. The highest BCUT2D eigenvalue weighted by Gasteiger charge is 2.30. The molecular weight excluding hydrogens is 258 g/mol. The number of carbonyl (C=O) groups is 2. The Labute approximate surface area is 115 Å². The summed E-state index contributed by atoms with van der Waals surface area (Å²) in [7, 11) is 0. The highest BCUT2D eigenvalue weighted by atomic mass is 16.2. The molecular formula is C13H15N5O2. The predicted octanol–water partition coefficient (Wildman–Crippen LogP) is 0.309. The lowest BCUT2D eigenvalue weighted by molar-refractivity contribution is -0.124. The van der Waals surface area contributed by atoms with Gasteiger partial charge in [-0.2, -0.15) is 0 Å². The van der Waals surface area contributed by atoms with Gasteiger partial charge in [0.15, 0.2) is 0 Å². The SMILES string of the molecule is C[C@H]1C(=O)NCCCN1C(=O)c1ncnc2[nH]ccc12. The van der Waals surface area contributed by atoms with E-state index in [0.717, 1.165) is 6.42 Å². The number of fused-ring (bicyclic) bond motifs is 1. The first-order valence-electron chi connectivity index (χ1n) is 6.55. The molecule has 3 heterocycles. The first-order chi connectivity index (χ1) is 9.68. The standard InChI is InChI=1S/C13H15N5O2/c1-8-12(19)15-4-2-6-18(8)13(20)10-9-3-5-14-11(9)17-7-16-10/h3,5,7-8H,2,4,6H2,1H3,(H,15,19)(H,14,16,17)/t8-/m0/s1. The number of aromatic amines is 1. The average molecular weight is 273 g/mol. The summed E-state index contributed by atoms with van der Waals surface area (Å²) < 4.78 is 0. The van der Waals surface area contributed by atoms with E-state index in [1.54, 1.807) is 24.1 Å². The van der Waals surface area contributed by atoms with Gasteiger partial charge in [0, 0.05) is 19.3 Å². The Balaban J connectivity index is 1.99. The van der Waals surface area contributed by atoms with E-state index < -0.39 is 6.04 Å². The molecule has 1 aliphatic heterocycles. The molecule has 1 aliphatic rings. The second-order valence-electron chi connectivity index (χ2n) is 4.78. The number of H-pyrrole nitrogens is 1. The fourth-order valence-electron chi connectivity index (χ4n) is 2.40. The molecule has 2 aromatic rings. The minimum Gasteiger partial charge on any atom is -0.354 e. The van der Waals surface area contributed by atoms with E-state index in [4.69, 9.17) is 0 Å². The number of rotatable bonds is 1. The van der Waals surface area contributed by atoms with Gasteiger partial charge in [0.25, 0.3) is 5.91 Å². The summed E-state index contributed by atoms with van der Waals surface area (Å²) in [6, 6.07) is 1.28. The summed E-state index contributed by atoms with van der Waals surface area (Å²) in [6.07, 6.45) is 3.81. The summed E-state index contributed by atoms with van der Waals surface area (Å²) in [5, 5.41) is 3.47. The second kappa shape index (κ2) is 4.92. The highest BCUT2D eigenvalue weighted by molar-refractivity contribution is 6.05. The topological polar surface area (TPSA) is 91.0 Å². The van der Waals surface area contributed by atoms with Gasteiger partial charge in [0.2, 0.25) is 5.91 Å². The number of nitrogens with one attached hydrogen (secondary N) is 2. The first kappa shape index (κ1) is 12.6. The van der Waals surface area contributed by atoms with Crippen LogP contribution in [0.3, 0.4) is 0 Å². The zero-order chi connectivity index (χ0) is 14.1. The maximum Gasteiger partial charge on any atom is 0.273 e. The third-order valence-electron chi connectivity index (χ3n) is 3.54. The Kier molecular flexibility index (Phi) is 3.09. The van der Waals surface area contributed by atoms with Crippen LogP contribution >= 0.6 is 0 Å². The van der Waals surface area contributed by atoms with Crippen molar-refractivity contribution in [1.82, 2.24) is 25.2 Å². The molecule has 1 fully saturated rings. The maximum atomic E-state index is 12.7. The molecule has 20 heavy (non-hydrogen) atoms. The highest BCUT2D eigenvalue weighted by Crippen LogP contribution is 2.17. The summed E-state index contributed by atoms with van der Waals surface area (Å²) in [5.41, 5.74) is 0.952. The van der Waals surface area contributed by atoms with Gasteiger partial charge >= 0.3 is 0 Å². The van der Waals surface area contributed by atoms with Gasteiger partial charge in [-0.15, -0.1) is 0 Å².